The second-order valence-electron chi connectivity index (χ2n) is 3.71. The SMILES string of the molecule is CC1Cc2n[nH]c(=O)n2C(C(=O)O)C1. The minimum Gasteiger partial charge on any atom is -0.480 e. The molecule has 2 rings (SSSR count). The molecule has 0 saturated carbocycles. The number of hydrogen-bond donors (Lipinski definition) is 2. The molecule has 76 valence electrons. The lowest BCUT2D eigenvalue weighted by Crippen LogP contribution is -2.34. The summed E-state index contributed by atoms with van der Waals surface area (Å²) in [5.74, 6) is -0.179. The zero-order chi connectivity index (χ0) is 10.3. The summed E-state index contributed by atoms with van der Waals surface area (Å²) >= 11 is 0. The Morgan fingerprint density at radius 3 is 3.07 bits per heavy atom. The molecule has 1 aromatic rings. The second kappa shape index (κ2) is 2.97. The van der Waals surface area contributed by atoms with E-state index in [0.717, 1.165) is 0 Å². The molecular formula is C8H11N3O3. The van der Waals surface area contributed by atoms with Crippen molar-refractivity contribution in [2.75, 3.05) is 0 Å². The van der Waals surface area contributed by atoms with Crippen LogP contribution in [0.4, 0.5) is 0 Å². The number of nitrogens with zero attached hydrogens (tertiary/aromatic N) is 2. The first kappa shape index (κ1) is 8.98. The van der Waals surface area contributed by atoms with Gasteiger partial charge in [-0.15, -0.1) is 0 Å². The summed E-state index contributed by atoms with van der Waals surface area (Å²) in [4.78, 5) is 22.2. The Balaban J connectivity index is 2.51. The van der Waals surface area contributed by atoms with Crippen molar-refractivity contribution in [2.45, 2.75) is 25.8 Å². The molecule has 2 N–H and O–H groups in total. The van der Waals surface area contributed by atoms with Crippen LogP contribution >= 0.6 is 0 Å². The summed E-state index contributed by atoms with van der Waals surface area (Å²) < 4.78 is 1.24. The molecule has 0 saturated heterocycles. The molecule has 0 spiro atoms. The third kappa shape index (κ3) is 1.23. The van der Waals surface area contributed by atoms with Gasteiger partial charge in [0.05, 0.1) is 0 Å². The molecule has 2 atom stereocenters. The second-order valence-corrected chi connectivity index (χ2v) is 3.71. The third-order valence-corrected chi connectivity index (χ3v) is 2.53. The van der Waals surface area contributed by atoms with Crippen molar-refractivity contribution < 1.29 is 9.90 Å². The van der Waals surface area contributed by atoms with E-state index in [0.29, 0.717) is 18.7 Å². The molecule has 0 fully saturated rings. The fourth-order valence-corrected chi connectivity index (χ4v) is 1.90. The van der Waals surface area contributed by atoms with Gasteiger partial charge in [-0.3, -0.25) is 4.57 Å². The van der Waals surface area contributed by atoms with Crippen LogP contribution in [0.2, 0.25) is 0 Å². The first-order valence-corrected chi connectivity index (χ1v) is 4.48. The van der Waals surface area contributed by atoms with Crippen LogP contribution in [0.15, 0.2) is 4.79 Å². The number of H-pyrrole nitrogens is 1. The highest BCUT2D eigenvalue weighted by atomic mass is 16.4. The minimum atomic E-state index is -0.971. The number of aliphatic carboxylic acids is 1. The Kier molecular flexibility index (Phi) is 1.90. The summed E-state index contributed by atoms with van der Waals surface area (Å²) in [6.45, 7) is 1.96. The predicted molar refractivity (Wildman–Crippen MR) is 47.0 cm³/mol. The number of hydrogen-bond acceptors (Lipinski definition) is 3. The van der Waals surface area contributed by atoms with E-state index in [2.05, 4.69) is 10.2 Å². The summed E-state index contributed by atoms with van der Waals surface area (Å²) in [6.07, 6.45) is 1.14. The smallest absolute Gasteiger partial charge is 0.344 e. The lowest BCUT2D eigenvalue weighted by molar-refractivity contribution is -0.142. The van der Waals surface area contributed by atoms with Crippen molar-refractivity contribution in [1.29, 1.82) is 0 Å². The van der Waals surface area contributed by atoms with Crippen molar-refractivity contribution in [1.82, 2.24) is 14.8 Å². The van der Waals surface area contributed by atoms with Crippen molar-refractivity contribution in [3.63, 3.8) is 0 Å². The average Bonchev–Trinajstić information content (AvgIpc) is 2.46. The first-order valence-electron chi connectivity index (χ1n) is 4.48. The summed E-state index contributed by atoms with van der Waals surface area (Å²) in [5.41, 5.74) is -0.431. The fraction of sp³-hybridized carbons (Fsp3) is 0.625. The number of fused-ring (bicyclic) bond motifs is 1. The van der Waals surface area contributed by atoms with Crippen molar-refractivity contribution in [3.05, 3.63) is 16.3 Å². The van der Waals surface area contributed by atoms with Gasteiger partial charge in [0, 0.05) is 6.42 Å². The summed E-state index contributed by atoms with van der Waals surface area (Å²) in [6, 6.07) is -0.764. The molecule has 6 heteroatoms. The summed E-state index contributed by atoms with van der Waals surface area (Å²) in [5, 5.41) is 15.0. The van der Waals surface area contributed by atoms with Crippen LogP contribution in [0, 0.1) is 5.92 Å². The number of aromatic amines is 1. The van der Waals surface area contributed by atoms with E-state index in [4.69, 9.17) is 5.11 Å². The van der Waals surface area contributed by atoms with Gasteiger partial charge in [0.15, 0.2) is 0 Å². The van der Waals surface area contributed by atoms with E-state index in [-0.39, 0.29) is 5.92 Å². The highest BCUT2D eigenvalue weighted by Gasteiger charge is 2.31. The average molecular weight is 197 g/mol. The van der Waals surface area contributed by atoms with Crippen LogP contribution in [0.1, 0.15) is 25.2 Å². The van der Waals surface area contributed by atoms with Crippen molar-refractivity contribution >= 4 is 5.97 Å². The highest BCUT2D eigenvalue weighted by Crippen LogP contribution is 2.25. The molecule has 0 aliphatic carbocycles. The van der Waals surface area contributed by atoms with Gasteiger partial charge < -0.3 is 5.11 Å². The van der Waals surface area contributed by atoms with E-state index in [1.54, 1.807) is 0 Å². The Bertz CT molecular complexity index is 420. The Morgan fingerprint density at radius 1 is 1.71 bits per heavy atom. The Morgan fingerprint density at radius 2 is 2.43 bits per heavy atom. The van der Waals surface area contributed by atoms with Gasteiger partial charge in [-0.2, -0.15) is 5.10 Å². The monoisotopic (exact) mass is 197 g/mol. The highest BCUT2D eigenvalue weighted by molar-refractivity contribution is 5.72. The molecule has 0 bridgehead atoms. The normalized spacial score (nSPS) is 25.8. The largest absolute Gasteiger partial charge is 0.480 e. The molecule has 6 nitrogen and oxygen atoms in total. The summed E-state index contributed by atoms with van der Waals surface area (Å²) in [7, 11) is 0. The van der Waals surface area contributed by atoms with E-state index in [1.165, 1.54) is 4.57 Å². The van der Waals surface area contributed by atoms with Crippen LogP contribution in [-0.2, 0) is 11.2 Å². The number of carboxylic acid groups (broad SMARTS) is 1. The van der Waals surface area contributed by atoms with Gasteiger partial charge in [-0.05, 0) is 12.3 Å². The standard InChI is InChI=1S/C8H11N3O3/c1-4-2-5(7(12)13)11-6(3-4)9-10-8(11)14/h4-5H,2-3H2,1H3,(H,10,14)(H,12,13). The molecule has 14 heavy (non-hydrogen) atoms. The molecule has 1 aliphatic heterocycles. The quantitative estimate of drug-likeness (QED) is 0.651. The molecule has 1 aliphatic rings. The molecule has 0 amide bonds. The van der Waals surface area contributed by atoms with E-state index in [1.807, 2.05) is 6.92 Å². The van der Waals surface area contributed by atoms with Crippen molar-refractivity contribution in [2.24, 2.45) is 5.92 Å². The topological polar surface area (TPSA) is 88.0 Å². The molecule has 2 heterocycles. The molecular weight excluding hydrogens is 186 g/mol. The Labute approximate surface area is 79.6 Å². The molecule has 1 aromatic heterocycles. The number of aromatic nitrogens is 3. The van der Waals surface area contributed by atoms with Crippen LogP contribution < -0.4 is 5.69 Å². The predicted octanol–water partition coefficient (Wildman–Crippen LogP) is -0.221. The lowest BCUT2D eigenvalue weighted by atomic mass is 9.94. The molecule has 0 aromatic carbocycles. The van der Waals surface area contributed by atoms with Crippen LogP contribution in [-0.4, -0.2) is 25.8 Å². The van der Waals surface area contributed by atoms with Gasteiger partial charge in [0.2, 0.25) is 0 Å². The van der Waals surface area contributed by atoms with Crippen LogP contribution in [0.25, 0.3) is 0 Å². The van der Waals surface area contributed by atoms with E-state index < -0.39 is 17.7 Å². The first-order chi connectivity index (χ1) is 6.59. The van der Waals surface area contributed by atoms with Gasteiger partial charge in [-0.25, -0.2) is 14.7 Å². The minimum absolute atomic E-state index is 0.249. The number of rotatable bonds is 1. The molecule has 2 unspecified atom stereocenters. The zero-order valence-corrected chi connectivity index (χ0v) is 7.73. The molecule has 0 radical (unpaired) electrons. The van der Waals surface area contributed by atoms with E-state index in [9.17, 15) is 9.59 Å². The fourth-order valence-electron chi connectivity index (χ4n) is 1.90. The van der Waals surface area contributed by atoms with Gasteiger partial charge in [0.25, 0.3) is 0 Å². The maximum atomic E-state index is 11.3. The Hall–Kier alpha value is -1.59. The van der Waals surface area contributed by atoms with Crippen LogP contribution in [0.5, 0.6) is 0 Å². The maximum Gasteiger partial charge on any atom is 0.344 e. The van der Waals surface area contributed by atoms with Gasteiger partial charge >= 0.3 is 11.7 Å². The van der Waals surface area contributed by atoms with Gasteiger partial charge in [0.1, 0.15) is 11.9 Å². The number of carbonyl (C=O) groups is 1. The van der Waals surface area contributed by atoms with E-state index >= 15 is 0 Å². The van der Waals surface area contributed by atoms with Gasteiger partial charge in [-0.1, -0.05) is 6.92 Å². The van der Waals surface area contributed by atoms with Crippen molar-refractivity contribution in [3.8, 4) is 0 Å². The zero-order valence-electron chi connectivity index (χ0n) is 7.73. The lowest BCUT2D eigenvalue weighted by Gasteiger charge is -2.24. The maximum absolute atomic E-state index is 11.3. The third-order valence-electron chi connectivity index (χ3n) is 2.53. The number of carboxylic acids is 1. The van der Waals surface area contributed by atoms with Crippen LogP contribution in [0.3, 0.4) is 0 Å². The number of nitrogens with one attached hydrogen (secondary N) is 1.